The van der Waals surface area contributed by atoms with E-state index in [1.807, 2.05) is 6.07 Å². The predicted octanol–water partition coefficient (Wildman–Crippen LogP) is 3.20. The number of fused-ring (bicyclic) bond motifs is 1. The van der Waals surface area contributed by atoms with Gasteiger partial charge in [0.25, 0.3) is 0 Å². The topological polar surface area (TPSA) is 113 Å². The number of nitrogens with zero attached hydrogens (tertiary/aromatic N) is 4. The summed E-state index contributed by atoms with van der Waals surface area (Å²) in [5, 5.41) is 17.2. The Kier molecular flexibility index (Phi) is 5.42. The zero-order valence-electron chi connectivity index (χ0n) is 19.3. The Bertz CT molecular complexity index is 1120. The predicted molar refractivity (Wildman–Crippen MR) is 129 cm³/mol. The zero-order valence-corrected chi connectivity index (χ0v) is 20.2. The van der Waals surface area contributed by atoms with Crippen molar-refractivity contribution in [1.29, 1.82) is 0 Å². The Hall–Kier alpha value is -2.43. The van der Waals surface area contributed by atoms with Crippen molar-refractivity contribution in [3.63, 3.8) is 0 Å². The fraction of sp³-hybridized carbons (Fsp3) is 0.583. The fourth-order valence-electron chi connectivity index (χ4n) is 5.51. The van der Waals surface area contributed by atoms with Crippen molar-refractivity contribution in [2.45, 2.75) is 73.6 Å². The van der Waals surface area contributed by atoms with Crippen LogP contribution in [-0.2, 0) is 16.1 Å². The van der Waals surface area contributed by atoms with Crippen molar-refractivity contribution in [2.24, 2.45) is 5.41 Å². The molecule has 3 fully saturated rings. The van der Waals surface area contributed by atoms with Crippen LogP contribution in [0.15, 0.2) is 28.4 Å². The van der Waals surface area contributed by atoms with Crippen LogP contribution in [0.5, 0.6) is 0 Å². The fourth-order valence-corrected chi connectivity index (χ4v) is 6.37. The normalized spacial score (nSPS) is 24.5. The number of amides is 1. The van der Waals surface area contributed by atoms with Gasteiger partial charge in [0.05, 0.1) is 31.2 Å². The van der Waals surface area contributed by atoms with E-state index in [9.17, 15) is 9.90 Å². The molecule has 1 aliphatic carbocycles. The molecule has 2 saturated heterocycles. The first-order valence-corrected chi connectivity index (χ1v) is 12.9. The number of aliphatic hydroxyl groups is 1. The third kappa shape index (κ3) is 4.12. The Morgan fingerprint density at radius 3 is 2.79 bits per heavy atom. The van der Waals surface area contributed by atoms with Crippen molar-refractivity contribution in [3.05, 3.63) is 24.2 Å². The van der Waals surface area contributed by atoms with E-state index < -0.39 is 0 Å². The molecule has 2 aromatic rings. The molecular formula is C24H30N6O3S. The SMILES string of the molecule is C[C@H]1CC2(CCN(c3ncc(Sc4ccnc5c4NC(=O)CC4(CC4)N5)nc3CO)CC2)CO1. The number of anilines is 3. The van der Waals surface area contributed by atoms with Gasteiger partial charge in [-0.1, -0.05) is 11.8 Å². The van der Waals surface area contributed by atoms with Gasteiger partial charge in [0.15, 0.2) is 11.6 Å². The third-order valence-corrected chi connectivity index (χ3v) is 8.56. The number of carbonyl (C=O) groups excluding carboxylic acids is 1. The van der Waals surface area contributed by atoms with Crippen LogP contribution in [0.25, 0.3) is 0 Å². The average molecular weight is 483 g/mol. The number of rotatable bonds is 4. The molecule has 2 aromatic heterocycles. The summed E-state index contributed by atoms with van der Waals surface area (Å²) in [6.45, 7) is 4.61. The molecule has 1 atom stereocenters. The molecule has 0 bridgehead atoms. The van der Waals surface area contributed by atoms with Gasteiger partial charge in [0.2, 0.25) is 5.91 Å². The number of ether oxygens (including phenoxy) is 1. The molecule has 0 aromatic carbocycles. The molecule has 0 unspecified atom stereocenters. The molecule has 10 heteroatoms. The molecule has 1 saturated carbocycles. The summed E-state index contributed by atoms with van der Waals surface area (Å²) >= 11 is 1.42. The monoisotopic (exact) mass is 482 g/mol. The van der Waals surface area contributed by atoms with Gasteiger partial charge in [-0.15, -0.1) is 0 Å². The lowest BCUT2D eigenvalue weighted by Gasteiger charge is -2.39. The highest BCUT2D eigenvalue weighted by Crippen LogP contribution is 2.47. The molecule has 1 amide bonds. The van der Waals surface area contributed by atoms with Gasteiger partial charge in [-0.25, -0.2) is 15.0 Å². The van der Waals surface area contributed by atoms with Gasteiger partial charge in [0.1, 0.15) is 10.7 Å². The highest BCUT2D eigenvalue weighted by molar-refractivity contribution is 7.99. The van der Waals surface area contributed by atoms with E-state index in [0.717, 1.165) is 62.5 Å². The van der Waals surface area contributed by atoms with Crippen LogP contribution in [-0.4, -0.2) is 57.3 Å². The maximum Gasteiger partial charge on any atom is 0.226 e. The Labute approximate surface area is 203 Å². The summed E-state index contributed by atoms with van der Waals surface area (Å²) in [5.74, 6) is 1.46. The molecule has 9 nitrogen and oxygen atoms in total. The third-order valence-electron chi connectivity index (χ3n) is 7.60. The average Bonchev–Trinajstić information content (AvgIpc) is 3.52. The smallest absolute Gasteiger partial charge is 0.226 e. The van der Waals surface area contributed by atoms with E-state index >= 15 is 0 Å². The lowest BCUT2D eigenvalue weighted by molar-refractivity contribution is -0.116. The van der Waals surface area contributed by atoms with Crippen LogP contribution < -0.4 is 15.5 Å². The van der Waals surface area contributed by atoms with E-state index in [0.29, 0.717) is 34.7 Å². The molecule has 3 aliphatic heterocycles. The van der Waals surface area contributed by atoms with Crippen LogP contribution in [0.2, 0.25) is 0 Å². The summed E-state index contributed by atoms with van der Waals surface area (Å²) < 4.78 is 5.85. The largest absolute Gasteiger partial charge is 0.390 e. The number of nitrogens with one attached hydrogen (secondary N) is 2. The first-order chi connectivity index (χ1) is 16.5. The molecule has 3 N–H and O–H groups in total. The van der Waals surface area contributed by atoms with Gasteiger partial charge in [0, 0.05) is 36.1 Å². The van der Waals surface area contributed by atoms with E-state index in [1.165, 1.54) is 11.8 Å². The highest BCUT2D eigenvalue weighted by Gasteiger charge is 2.47. The summed E-state index contributed by atoms with van der Waals surface area (Å²) in [6, 6.07) is 1.87. The number of aromatic nitrogens is 3. The minimum Gasteiger partial charge on any atom is -0.390 e. The second-order valence-electron chi connectivity index (χ2n) is 10.2. The summed E-state index contributed by atoms with van der Waals surface area (Å²) in [6.07, 6.45) is 9.52. The van der Waals surface area contributed by atoms with Crippen molar-refractivity contribution in [1.82, 2.24) is 15.0 Å². The molecule has 6 rings (SSSR count). The molecule has 34 heavy (non-hydrogen) atoms. The molecule has 180 valence electrons. The standard InChI is InChI=1S/C24H30N6O3S/c1-15-10-23(14-33-15)5-8-30(9-6-23)22-16(13-31)27-19(12-26-22)34-17-2-7-25-21-20(17)28-18(32)11-24(29-21)3-4-24/h2,7,12,15,31H,3-6,8-11,13-14H2,1H3,(H,25,29)(H,28,32)/t15-/m0/s1. The Balaban J connectivity index is 1.21. The first-order valence-electron chi connectivity index (χ1n) is 12.0. The van der Waals surface area contributed by atoms with Gasteiger partial charge in [-0.2, -0.15) is 0 Å². The summed E-state index contributed by atoms with van der Waals surface area (Å²) in [4.78, 5) is 29.5. The number of piperidine rings is 1. The maximum atomic E-state index is 12.5. The molecule has 5 heterocycles. The number of hydrogen-bond donors (Lipinski definition) is 3. The maximum absolute atomic E-state index is 12.5. The van der Waals surface area contributed by atoms with Crippen LogP contribution in [0.4, 0.5) is 17.3 Å². The van der Waals surface area contributed by atoms with Crippen LogP contribution in [0.3, 0.4) is 0 Å². The van der Waals surface area contributed by atoms with Crippen molar-refractivity contribution in [2.75, 3.05) is 35.2 Å². The number of hydrogen-bond acceptors (Lipinski definition) is 9. The van der Waals surface area contributed by atoms with E-state index in [4.69, 9.17) is 14.7 Å². The molecular weight excluding hydrogens is 452 g/mol. The number of pyridine rings is 1. The van der Waals surface area contributed by atoms with Gasteiger partial charge in [-0.3, -0.25) is 4.79 Å². The van der Waals surface area contributed by atoms with E-state index in [2.05, 4.69) is 27.4 Å². The Morgan fingerprint density at radius 1 is 1.26 bits per heavy atom. The van der Waals surface area contributed by atoms with Crippen LogP contribution >= 0.6 is 11.8 Å². The van der Waals surface area contributed by atoms with E-state index in [1.54, 1.807) is 12.4 Å². The van der Waals surface area contributed by atoms with Crippen LogP contribution in [0.1, 0.15) is 51.1 Å². The second-order valence-corrected chi connectivity index (χ2v) is 11.3. The molecule has 2 spiro atoms. The second kappa shape index (κ2) is 8.35. The lowest BCUT2D eigenvalue weighted by atomic mass is 9.77. The van der Waals surface area contributed by atoms with Crippen LogP contribution in [0, 0.1) is 5.41 Å². The van der Waals surface area contributed by atoms with Crippen molar-refractivity contribution >= 4 is 35.0 Å². The lowest BCUT2D eigenvalue weighted by Crippen LogP contribution is -2.41. The van der Waals surface area contributed by atoms with Gasteiger partial charge in [-0.05, 0) is 50.5 Å². The summed E-state index contributed by atoms with van der Waals surface area (Å²) in [5.41, 5.74) is 1.41. The van der Waals surface area contributed by atoms with Crippen molar-refractivity contribution in [3.8, 4) is 0 Å². The van der Waals surface area contributed by atoms with Gasteiger partial charge >= 0.3 is 0 Å². The highest BCUT2D eigenvalue weighted by atomic mass is 32.2. The minimum atomic E-state index is -0.173. The quantitative estimate of drug-likeness (QED) is 0.605. The van der Waals surface area contributed by atoms with E-state index in [-0.39, 0.29) is 23.5 Å². The first kappa shape index (κ1) is 22.1. The number of carbonyl (C=O) groups is 1. The minimum absolute atomic E-state index is 0.000931. The molecule has 4 aliphatic rings. The zero-order chi connectivity index (χ0) is 23.3. The van der Waals surface area contributed by atoms with Crippen molar-refractivity contribution < 1.29 is 14.6 Å². The Morgan fingerprint density at radius 2 is 2.09 bits per heavy atom. The number of aliphatic hydroxyl groups excluding tert-OH is 1. The summed E-state index contributed by atoms with van der Waals surface area (Å²) in [7, 11) is 0. The van der Waals surface area contributed by atoms with Gasteiger partial charge < -0.3 is 25.4 Å². The molecule has 0 radical (unpaired) electrons.